The molecule has 0 aromatic heterocycles. The van der Waals surface area contributed by atoms with E-state index in [1.807, 2.05) is 0 Å². The number of rotatable bonds is 8. The molecule has 0 unspecified atom stereocenters. The second-order valence-corrected chi connectivity index (χ2v) is 6.07. The Bertz CT molecular complexity index is 439. The average Bonchev–Trinajstić information content (AvgIpc) is 2.47. The van der Waals surface area contributed by atoms with Crippen molar-refractivity contribution in [2.75, 3.05) is 65.7 Å². The van der Waals surface area contributed by atoms with Crippen LogP contribution in [0, 0.1) is 0 Å². The van der Waals surface area contributed by atoms with Crippen molar-refractivity contribution in [3.05, 3.63) is 0 Å². The monoisotopic (exact) mass is 376 g/mol. The number of aliphatic carboxylic acids is 4. The molecule has 1 aliphatic rings. The van der Waals surface area contributed by atoms with Gasteiger partial charge in [0.05, 0.1) is 39.5 Å². The van der Waals surface area contributed by atoms with Crippen molar-refractivity contribution in [2.45, 2.75) is 0 Å². The Hall–Kier alpha value is -2.28. The van der Waals surface area contributed by atoms with E-state index < -0.39 is 23.9 Å². The van der Waals surface area contributed by atoms with E-state index in [0.29, 0.717) is 0 Å². The highest BCUT2D eigenvalue weighted by Gasteiger charge is 2.23. The summed E-state index contributed by atoms with van der Waals surface area (Å²) in [4.78, 5) is 50.2. The Morgan fingerprint density at radius 3 is 0.846 bits per heavy atom. The van der Waals surface area contributed by atoms with Gasteiger partial charge in [0.1, 0.15) is 0 Å². The topological polar surface area (TPSA) is 162 Å². The highest BCUT2D eigenvalue weighted by Crippen LogP contribution is 2.04. The summed E-state index contributed by atoms with van der Waals surface area (Å²) in [6.07, 6.45) is 0. The van der Waals surface area contributed by atoms with E-state index in [9.17, 15) is 19.2 Å². The van der Waals surface area contributed by atoms with Crippen LogP contribution in [0.3, 0.4) is 0 Å². The minimum Gasteiger partial charge on any atom is -0.480 e. The molecule has 1 saturated heterocycles. The van der Waals surface area contributed by atoms with Gasteiger partial charge in [-0.1, -0.05) is 0 Å². The predicted octanol–water partition coefficient (Wildman–Crippen LogP) is -2.54. The summed E-state index contributed by atoms with van der Waals surface area (Å²) < 4.78 is 0. The van der Waals surface area contributed by atoms with Gasteiger partial charge in [-0.25, -0.2) is 0 Å². The lowest BCUT2D eigenvalue weighted by Crippen LogP contribution is -2.52. The molecule has 0 amide bonds. The molecule has 0 radical (unpaired) electrons. The second kappa shape index (κ2) is 10.7. The van der Waals surface area contributed by atoms with Gasteiger partial charge >= 0.3 is 23.9 Å². The highest BCUT2D eigenvalue weighted by molar-refractivity contribution is 5.70. The lowest BCUT2D eigenvalue weighted by Gasteiger charge is -2.36. The highest BCUT2D eigenvalue weighted by atomic mass is 16.4. The summed E-state index contributed by atoms with van der Waals surface area (Å²) in [5.74, 6) is -4.30. The average molecular weight is 376 g/mol. The molecule has 4 N–H and O–H groups in total. The number of carbonyl (C=O) groups is 4. The molecule has 148 valence electrons. The third-order valence-electron chi connectivity index (χ3n) is 3.70. The van der Waals surface area contributed by atoms with E-state index in [4.69, 9.17) is 20.4 Å². The van der Waals surface area contributed by atoms with E-state index in [1.54, 1.807) is 0 Å². The minimum atomic E-state index is -1.07. The van der Waals surface area contributed by atoms with Crippen molar-refractivity contribution in [1.82, 2.24) is 19.6 Å². The van der Waals surface area contributed by atoms with Crippen LogP contribution in [0.2, 0.25) is 0 Å². The molecular weight excluding hydrogens is 352 g/mol. The Balaban J connectivity index is 2.92. The van der Waals surface area contributed by atoms with Crippen molar-refractivity contribution < 1.29 is 39.6 Å². The van der Waals surface area contributed by atoms with Crippen LogP contribution >= 0.6 is 0 Å². The third-order valence-corrected chi connectivity index (χ3v) is 3.70. The first-order valence-corrected chi connectivity index (χ1v) is 7.92. The Morgan fingerprint density at radius 1 is 0.500 bits per heavy atom. The zero-order chi connectivity index (χ0) is 19.7. The normalized spacial score (nSPS) is 19.1. The summed E-state index contributed by atoms with van der Waals surface area (Å²) >= 11 is 0. The van der Waals surface area contributed by atoms with Gasteiger partial charge in [-0.3, -0.25) is 38.8 Å². The van der Waals surface area contributed by atoms with Crippen molar-refractivity contribution in [3.63, 3.8) is 0 Å². The maximum atomic E-state index is 11.0. The van der Waals surface area contributed by atoms with Crippen molar-refractivity contribution >= 4 is 23.9 Å². The predicted molar refractivity (Wildman–Crippen MR) is 86.6 cm³/mol. The zero-order valence-electron chi connectivity index (χ0n) is 14.3. The van der Waals surface area contributed by atoms with Crippen LogP contribution in [0.5, 0.6) is 0 Å². The van der Waals surface area contributed by atoms with Gasteiger partial charge in [0.25, 0.3) is 0 Å². The first-order chi connectivity index (χ1) is 12.2. The number of nitrogens with zero attached hydrogens (tertiary/aromatic N) is 4. The zero-order valence-corrected chi connectivity index (χ0v) is 14.3. The number of carboxylic acid groups (broad SMARTS) is 4. The van der Waals surface area contributed by atoms with E-state index in [1.165, 1.54) is 19.6 Å². The quantitative estimate of drug-likeness (QED) is 0.352. The molecule has 1 heterocycles. The fourth-order valence-electron chi connectivity index (χ4n) is 2.70. The van der Waals surface area contributed by atoms with E-state index in [2.05, 4.69) is 0 Å². The molecule has 0 aromatic carbocycles. The first kappa shape index (κ1) is 21.8. The van der Waals surface area contributed by atoms with Crippen molar-refractivity contribution in [2.24, 2.45) is 0 Å². The molecule has 0 atom stereocenters. The van der Waals surface area contributed by atoms with Gasteiger partial charge in [0.15, 0.2) is 0 Å². The van der Waals surface area contributed by atoms with Gasteiger partial charge in [-0.15, -0.1) is 0 Å². The molecule has 26 heavy (non-hydrogen) atoms. The molecular formula is C14H24N4O8. The lowest BCUT2D eigenvalue weighted by molar-refractivity contribution is -0.144. The number of hydrogen-bond donors (Lipinski definition) is 4. The van der Waals surface area contributed by atoms with E-state index in [0.717, 1.165) is 0 Å². The molecule has 0 bridgehead atoms. The van der Waals surface area contributed by atoms with E-state index >= 15 is 0 Å². The van der Waals surface area contributed by atoms with Gasteiger partial charge < -0.3 is 20.4 Å². The van der Waals surface area contributed by atoms with Crippen LogP contribution in [-0.4, -0.2) is 130 Å². The molecule has 1 aliphatic heterocycles. The van der Waals surface area contributed by atoms with Gasteiger partial charge in [-0.05, 0) is 0 Å². The fraction of sp³-hybridized carbons (Fsp3) is 0.714. The summed E-state index contributed by atoms with van der Waals surface area (Å²) in [6, 6.07) is 0. The largest absolute Gasteiger partial charge is 0.480 e. The summed E-state index contributed by atoms with van der Waals surface area (Å²) in [5.41, 5.74) is 0. The van der Waals surface area contributed by atoms with Crippen molar-refractivity contribution in [3.8, 4) is 0 Å². The van der Waals surface area contributed by atoms with Crippen LogP contribution in [0.1, 0.15) is 0 Å². The second-order valence-electron chi connectivity index (χ2n) is 6.07. The van der Waals surface area contributed by atoms with Crippen molar-refractivity contribution in [1.29, 1.82) is 0 Å². The Kier molecular flexibility index (Phi) is 8.92. The molecule has 1 fully saturated rings. The first-order valence-electron chi connectivity index (χ1n) is 7.92. The Morgan fingerprint density at radius 2 is 0.692 bits per heavy atom. The van der Waals surface area contributed by atoms with Crippen LogP contribution in [0.25, 0.3) is 0 Å². The van der Waals surface area contributed by atoms with Crippen LogP contribution in [-0.2, 0) is 19.2 Å². The number of hydrogen-bond acceptors (Lipinski definition) is 8. The standard InChI is InChI=1S/C14H24N4O8/c19-11(20)5-15-1-2-16(6-12(21)22)10-18(8-14(25)26)4-3-17(9-15)7-13(23)24/h1-10H2,(H,19,20)(H,21,22)(H,23,24)(H,25,26). The van der Waals surface area contributed by atoms with Crippen LogP contribution < -0.4 is 0 Å². The van der Waals surface area contributed by atoms with Gasteiger partial charge in [0.2, 0.25) is 0 Å². The Labute approximate surface area is 149 Å². The SMILES string of the molecule is O=C(O)CN1CCN(CC(=O)O)CN(CC(=O)O)CCN(CC(=O)O)C1. The summed E-state index contributed by atoms with van der Waals surface area (Å²) in [6.45, 7) is -0.279. The third kappa shape index (κ3) is 9.27. The molecule has 12 nitrogen and oxygen atoms in total. The molecule has 0 saturated carbocycles. The molecule has 0 spiro atoms. The fourth-order valence-corrected chi connectivity index (χ4v) is 2.70. The summed E-state index contributed by atoms with van der Waals surface area (Å²) in [7, 11) is 0. The smallest absolute Gasteiger partial charge is 0.317 e. The minimum absolute atomic E-state index is 0.0699. The molecule has 0 aromatic rings. The maximum absolute atomic E-state index is 11.0. The lowest BCUT2D eigenvalue weighted by atomic mass is 10.3. The maximum Gasteiger partial charge on any atom is 0.317 e. The van der Waals surface area contributed by atoms with Gasteiger partial charge in [0, 0.05) is 26.2 Å². The molecule has 0 aliphatic carbocycles. The van der Waals surface area contributed by atoms with E-state index in [-0.39, 0.29) is 65.7 Å². The summed E-state index contributed by atoms with van der Waals surface area (Å²) in [5, 5.41) is 36.1. The van der Waals surface area contributed by atoms with Crippen LogP contribution in [0.4, 0.5) is 0 Å². The molecule has 12 heteroatoms. The number of carboxylic acids is 4. The van der Waals surface area contributed by atoms with Crippen LogP contribution in [0.15, 0.2) is 0 Å². The molecule has 1 rings (SSSR count). The van der Waals surface area contributed by atoms with Gasteiger partial charge in [-0.2, -0.15) is 0 Å².